The zero-order valence-corrected chi connectivity index (χ0v) is 15.9. The van der Waals surface area contributed by atoms with Crippen LogP contribution in [0.3, 0.4) is 0 Å². The van der Waals surface area contributed by atoms with Crippen LogP contribution in [0.4, 0.5) is 10.5 Å². The molecule has 0 bridgehead atoms. The Hall–Kier alpha value is -2.04. The van der Waals surface area contributed by atoms with Gasteiger partial charge in [-0.1, -0.05) is 6.07 Å². The lowest BCUT2D eigenvalue weighted by atomic mass is 9.76. The zero-order chi connectivity index (χ0) is 19.0. The highest BCUT2D eigenvalue weighted by Gasteiger charge is 2.52. The fourth-order valence-corrected chi connectivity index (χ4v) is 2.33. The molecule has 134 valence electrons. The van der Waals surface area contributed by atoms with E-state index in [2.05, 4.69) is 11.4 Å². The molecular weight excluding hydrogens is 319 g/mol. The van der Waals surface area contributed by atoms with E-state index in [-0.39, 0.29) is 0 Å². The second-order valence-electron chi connectivity index (χ2n) is 8.13. The van der Waals surface area contributed by atoms with Crippen molar-refractivity contribution < 1.29 is 18.8 Å². The Morgan fingerprint density at radius 2 is 1.76 bits per heavy atom. The highest BCUT2D eigenvalue weighted by molar-refractivity contribution is 6.62. The van der Waals surface area contributed by atoms with Crippen molar-refractivity contribution in [2.45, 2.75) is 65.3 Å². The molecule has 0 unspecified atom stereocenters. The monoisotopic (exact) mass is 344 g/mol. The Morgan fingerprint density at radius 3 is 2.24 bits per heavy atom. The number of nitrogens with one attached hydrogen (secondary N) is 1. The van der Waals surface area contributed by atoms with Crippen molar-refractivity contribution >= 4 is 24.4 Å². The van der Waals surface area contributed by atoms with Gasteiger partial charge in [0.2, 0.25) is 0 Å². The van der Waals surface area contributed by atoms with Crippen LogP contribution in [0.15, 0.2) is 18.2 Å². The highest BCUT2D eigenvalue weighted by Crippen LogP contribution is 2.36. The predicted octanol–water partition coefficient (Wildman–Crippen LogP) is 3.20. The molecule has 0 aromatic heterocycles. The van der Waals surface area contributed by atoms with E-state index < -0.39 is 30.0 Å². The lowest BCUT2D eigenvalue weighted by molar-refractivity contribution is 0.00578. The standard InChI is InChI=1S/C18H25BN2O4/c1-16(2,3)23-15(22)21-13-8-9-14(12(10-13)11-20)19-24-17(4,5)18(6,7)25-19/h8-10H,1-7H3,(H,21,22). The fourth-order valence-electron chi connectivity index (χ4n) is 2.33. The summed E-state index contributed by atoms with van der Waals surface area (Å²) in [6.07, 6.45) is -0.570. The summed E-state index contributed by atoms with van der Waals surface area (Å²) in [6.45, 7) is 13.2. The second kappa shape index (κ2) is 6.36. The van der Waals surface area contributed by atoms with Crippen molar-refractivity contribution in [3.63, 3.8) is 0 Å². The number of carbonyl (C=O) groups excluding carboxylic acids is 1. The fraction of sp³-hybridized carbons (Fsp3) is 0.556. The first kappa shape index (κ1) is 19.3. The Labute approximate surface area is 149 Å². The number of rotatable bonds is 2. The molecule has 1 saturated heterocycles. The summed E-state index contributed by atoms with van der Waals surface area (Å²) in [4.78, 5) is 11.9. The molecule has 0 spiro atoms. The van der Waals surface area contributed by atoms with Gasteiger partial charge < -0.3 is 14.0 Å². The van der Waals surface area contributed by atoms with Crippen molar-refractivity contribution in [1.82, 2.24) is 0 Å². The molecule has 1 fully saturated rings. The minimum Gasteiger partial charge on any atom is -0.444 e. The summed E-state index contributed by atoms with van der Waals surface area (Å²) < 4.78 is 17.2. The van der Waals surface area contributed by atoms with Crippen LogP contribution in [0.25, 0.3) is 0 Å². The average Bonchev–Trinajstić information content (AvgIpc) is 2.64. The van der Waals surface area contributed by atoms with E-state index in [0.29, 0.717) is 16.7 Å². The Balaban J connectivity index is 2.21. The molecule has 25 heavy (non-hydrogen) atoms. The third-order valence-electron chi connectivity index (χ3n) is 4.33. The van der Waals surface area contributed by atoms with Crippen LogP contribution < -0.4 is 10.8 Å². The smallest absolute Gasteiger partial charge is 0.444 e. The minimum atomic E-state index is -0.629. The maximum atomic E-state index is 11.9. The average molecular weight is 344 g/mol. The lowest BCUT2D eigenvalue weighted by Crippen LogP contribution is -2.41. The Bertz CT molecular complexity index is 701. The van der Waals surface area contributed by atoms with Crippen molar-refractivity contribution in [2.75, 3.05) is 5.32 Å². The highest BCUT2D eigenvalue weighted by atomic mass is 16.7. The van der Waals surface area contributed by atoms with Gasteiger partial charge in [0.05, 0.1) is 22.8 Å². The number of nitriles is 1. The number of ether oxygens (including phenoxy) is 1. The maximum Gasteiger partial charge on any atom is 0.496 e. The van der Waals surface area contributed by atoms with Crippen LogP contribution in [0.2, 0.25) is 0 Å². The van der Waals surface area contributed by atoms with Gasteiger partial charge in [0.25, 0.3) is 0 Å². The summed E-state index contributed by atoms with van der Waals surface area (Å²) in [5.74, 6) is 0. The topological polar surface area (TPSA) is 80.6 Å². The molecule has 1 heterocycles. The molecule has 2 rings (SSSR count). The van der Waals surface area contributed by atoms with Crippen molar-refractivity contribution in [2.24, 2.45) is 0 Å². The van der Waals surface area contributed by atoms with Crippen molar-refractivity contribution in [3.05, 3.63) is 23.8 Å². The second-order valence-corrected chi connectivity index (χ2v) is 8.13. The van der Waals surface area contributed by atoms with Crippen molar-refractivity contribution in [3.8, 4) is 6.07 Å². The van der Waals surface area contributed by atoms with Gasteiger partial charge in [0.1, 0.15) is 5.60 Å². The van der Waals surface area contributed by atoms with Crippen LogP contribution in [0, 0.1) is 11.3 Å². The van der Waals surface area contributed by atoms with E-state index in [4.69, 9.17) is 14.0 Å². The third kappa shape index (κ3) is 4.33. The van der Waals surface area contributed by atoms with Gasteiger partial charge in [-0.05, 0) is 60.6 Å². The van der Waals surface area contributed by atoms with Gasteiger partial charge in [0.15, 0.2) is 0 Å². The summed E-state index contributed by atoms with van der Waals surface area (Å²) in [7, 11) is -0.629. The summed E-state index contributed by atoms with van der Waals surface area (Å²) in [6, 6.07) is 7.15. The van der Waals surface area contributed by atoms with Gasteiger partial charge in [-0.3, -0.25) is 5.32 Å². The Kier molecular flexibility index (Phi) is 4.91. The van der Waals surface area contributed by atoms with E-state index >= 15 is 0 Å². The lowest BCUT2D eigenvalue weighted by Gasteiger charge is -2.32. The molecule has 1 aromatic carbocycles. The van der Waals surface area contributed by atoms with Crippen LogP contribution in [-0.2, 0) is 14.0 Å². The predicted molar refractivity (Wildman–Crippen MR) is 96.7 cm³/mol. The van der Waals surface area contributed by atoms with E-state index in [1.807, 2.05) is 27.7 Å². The third-order valence-corrected chi connectivity index (χ3v) is 4.33. The molecule has 1 N–H and O–H groups in total. The largest absolute Gasteiger partial charge is 0.496 e. The van der Waals surface area contributed by atoms with E-state index in [1.54, 1.807) is 39.0 Å². The molecular formula is C18H25BN2O4. The van der Waals surface area contributed by atoms with Gasteiger partial charge in [-0.15, -0.1) is 0 Å². The number of hydrogen-bond donors (Lipinski definition) is 1. The molecule has 7 heteroatoms. The first-order valence-electron chi connectivity index (χ1n) is 8.24. The van der Waals surface area contributed by atoms with Gasteiger partial charge in [-0.25, -0.2) is 4.79 Å². The minimum absolute atomic E-state index is 0.382. The molecule has 1 aliphatic rings. The maximum absolute atomic E-state index is 11.9. The quantitative estimate of drug-likeness (QED) is 0.834. The number of carbonyl (C=O) groups is 1. The van der Waals surface area contributed by atoms with E-state index in [0.717, 1.165) is 0 Å². The number of amides is 1. The summed E-state index contributed by atoms with van der Waals surface area (Å²) in [5, 5.41) is 12.1. The van der Waals surface area contributed by atoms with Gasteiger partial charge in [0, 0.05) is 11.2 Å². The molecule has 1 amide bonds. The zero-order valence-electron chi connectivity index (χ0n) is 15.9. The van der Waals surface area contributed by atoms with E-state index in [9.17, 15) is 10.1 Å². The molecule has 1 aromatic rings. The van der Waals surface area contributed by atoms with Crippen LogP contribution in [0.5, 0.6) is 0 Å². The first-order chi connectivity index (χ1) is 11.3. The van der Waals surface area contributed by atoms with Gasteiger partial charge in [-0.2, -0.15) is 5.26 Å². The number of benzene rings is 1. The Morgan fingerprint density at radius 1 is 1.20 bits per heavy atom. The number of anilines is 1. The van der Waals surface area contributed by atoms with Crippen molar-refractivity contribution in [1.29, 1.82) is 5.26 Å². The number of hydrogen-bond acceptors (Lipinski definition) is 5. The molecule has 0 saturated carbocycles. The summed E-state index contributed by atoms with van der Waals surface area (Å²) in [5.41, 5.74) is -0.0746. The van der Waals surface area contributed by atoms with E-state index in [1.165, 1.54) is 0 Å². The van der Waals surface area contributed by atoms with Crippen LogP contribution in [-0.4, -0.2) is 30.0 Å². The SMILES string of the molecule is CC(C)(C)OC(=O)Nc1ccc(B2OC(C)(C)C(C)(C)O2)c(C#N)c1. The molecule has 6 nitrogen and oxygen atoms in total. The normalized spacial score (nSPS) is 18.6. The van der Waals surface area contributed by atoms with Crippen LogP contribution >= 0.6 is 0 Å². The molecule has 0 atom stereocenters. The number of nitrogens with zero attached hydrogens (tertiary/aromatic N) is 1. The summed E-state index contributed by atoms with van der Waals surface area (Å²) >= 11 is 0. The molecule has 0 aliphatic carbocycles. The molecule has 1 aliphatic heterocycles. The van der Waals surface area contributed by atoms with Crippen LogP contribution in [0.1, 0.15) is 54.0 Å². The van der Waals surface area contributed by atoms with Gasteiger partial charge >= 0.3 is 13.2 Å². The molecule has 0 radical (unpaired) electrons. The first-order valence-corrected chi connectivity index (χ1v) is 8.24.